The number of aromatic nitrogens is 1. The summed E-state index contributed by atoms with van der Waals surface area (Å²) < 4.78 is 19.4. The van der Waals surface area contributed by atoms with Crippen LogP contribution in [0.15, 0.2) is 64.3 Å². The molecule has 1 amide bonds. The summed E-state index contributed by atoms with van der Waals surface area (Å²) in [6.45, 7) is 2.05. The number of furan rings is 1. The molecule has 6 heteroatoms. The quantitative estimate of drug-likeness (QED) is 0.733. The normalized spacial score (nSPS) is 10.7. The summed E-state index contributed by atoms with van der Waals surface area (Å²) in [5.74, 6) is -0.764. The minimum absolute atomic E-state index is 0.0952. The molecule has 0 N–H and O–H groups in total. The summed E-state index contributed by atoms with van der Waals surface area (Å²) in [5.41, 5.74) is 1.59. The van der Waals surface area contributed by atoms with Crippen LogP contribution in [0.2, 0.25) is 0 Å². The zero-order valence-electron chi connectivity index (χ0n) is 13.9. The predicted molar refractivity (Wildman–Crippen MR) is 91.2 cm³/mol. The lowest BCUT2D eigenvalue weighted by molar-refractivity contribution is 0.0782. The van der Waals surface area contributed by atoms with Crippen molar-refractivity contribution in [2.75, 3.05) is 7.05 Å². The molecule has 1 aromatic carbocycles. The van der Waals surface area contributed by atoms with Gasteiger partial charge in [0.05, 0.1) is 12.5 Å². The van der Waals surface area contributed by atoms with Gasteiger partial charge in [0.25, 0.3) is 11.5 Å². The topological polar surface area (TPSA) is 55.5 Å². The molecule has 2 heterocycles. The first kappa shape index (κ1) is 16.7. The summed E-state index contributed by atoms with van der Waals surface area (Å²) in [4.78, 5) is 27.1. The fourth-order valence-corrected chi connectivity index (χ4v) is 2.61. The fourth-order valence-electron chi connectivity index (χ4n) is 2.61. The second kappa shape index (κ2) is 6.76. The van der Waals surface area contributed by atoms with Crippen molar-refractivity contribution in [3.63, 3.8) is 0 Å². The first-order valence-electron chi connectivity index (χ1n) is 7.72. The van der Waals surface area contributed by atoms with Gasteiger partial charge in [0, 0.05) is 31.0 Å². The lowest BCUT2D eigenvalue weighted by Gasteiger charge is -2.18. The Morgan fingerprint density at radius 2 is 1.92 bits per heavy atom. The monoisotopic (exact) mass is 340 g/mol. The van der Waals surface area contributed by atoms with E-state index in [0.29, 0.717) is 17.8 Å². The van der Waals surface area contributed by atoms with Crippen molar-refractivity contribution in [3.8, 4) is 5.69 Å². The smallest absolute Gasteiger partial charge is 0.268 e. The lowest BCUT2D eigenvalue weighted by Crippen LogP contribution is -2.34. The van der Waals surface area contributed by atoms with Crippen LogP contribution in [0.1, 0.15) is 21.5 Å². The van der Waals surface area contributed by atoms with E-state index in [1.54, 1.807) is 38.6 Å². The maximum Gasteiger partial charge on any atom is 0.268 e. The number of halogens is 1. The molecule has 0 saturated carbocycles. The van der Waals surface area contributed by atoms with Gasteiger partial charge in [-0.25, -0.2) is 4.39 Å². The Balaban J connectivity index is 1.98. The van der Waals surface area contributed by atoms with Crippen molar-refractivity contribution in [1.82, 2.24) is 9.47 Å². The number of carbonyl (C=O) groups is 1. The number of carbonyl (C=O) groups excluding carboxylic acids is 1. The van der Waals surface area contributed by atoms with Crippen molar-refractivity contribution >= 4 is 5.91 Å². The summed E-state index contributed by atoms with van der Waals surface area (Å²) in [5, 5.41) is 0. The van der Waals surface area contributed by atoms with Crippen molar-refractivity contribution in [2.24, 2.45) is 0 Å². The molecule has 128 valence electrons. The fraction of sp³-hybridized carbons (Fsp3) is 0.158. The van der Waals surface area contributed by atoms with Gasteiger partial charge >= 0.3 is 0 Å². The second-order valence-electron chi connectivity index (χ2n) is 5.82. The molecule has 0 aliphatic rings. The summed E-state index contributed by atoms with van der Waals surface area (Å²) in [6, 6.07) is 9.00. The summed E-state index contributed by atoms with van der Waals surface area (Å²) >= 11 is 0. The summed E-state index contributed by atoms with van der Waals surface area (Å²) in [7, 11) is 1.63. The number of hydrogen-bond donors (Lipinski definition) is 0. The first-order chi connectivity index (χ1) is 12.0. The van der Waals surface area contributed by atoms with Gasteiger partial charge in [-0.15, -0.1) is 0 Å². The van der Waals surface area contributed by atoms with Gasteiger partial charge in [-0.1, -0.05) is 0 Å². The van der Waals surface area contributed by atoms with E-state index in [1.807, 2.05) is 0 Å². The standard InChI is InChI=1S/C19H17FN2O3/c1-13-7-9-22(16-5-3-15(20)4-6-16)19(24)17(13)18(23)21(2)11-14-8-10-25-12-14/h3-10,12H,11H2,1-2H3. The van der Waals surface area contributed by atoms with E-state index in [2.05, 4.69) is 0 Å². The highest BCUT2D eigenvalue weighted by atomic mass is 19.1. The van der Waals surface area contributed by atoms with Crippen molar-refractivity contribution < 1.29 is 13.6 Å². The molecule has 25 heavy (non-hydrogen) atoms. The van der Waals surface area contributed by atoms with Crippen molar-refractivity contribution in [3.05, 3.63) is 88.0 Å². The minimum atomic E-state index is -0.435. The van der Waals surface area contributed by atoms with E-state index < -0.39 is 5.56 Å². The second-order valence-corrected chi connectivity index (χ2v) is 5.82. The molecule has 0 aliphatic carbocycles. The van der Waals surface area contributed by atoms with Crippen LogP contribution in [-0.2, 0) is 6.54 Å². The van der Waals surface area contributed by atoms with Crippen molar-refractivity contribution in [1.29, 1.82) is 0 Å². The molecule has 0 radical (unpaired) electrons. The lowest BCUT2D eigenvalue weighted by atomic mass is 10.1. The zero-order valence-corrected chi connectivity index (χ0v) is 13.9. The number of amides is 1. The van der Waals surface area contributed by atoms with E-state index in [0.717, 1.165) is 5.56 Å². The van der Waals surface area contributed by atoms with Crippen LogP contribution in [0.5, 0.6) is 0 Å². The molecule has 0 unspecified atom stereocenters. The number of rotatable bonds is 4. The minimum Gasteiger partial charge on any atom is -0.472 e. The molecular weight excluding hydrogens is 323 g/mol. The SMILES string of the molecule is Cc1ccn(-c2ccc(F)cc2)c(=O)c1C(=O)N(C)Cc1ccoc1. The maximum atomic E-state index is 13.1. The van der Waals surface area contributed by atoms with E-state index in [9.17, 15) is 14.0 Å². The highest BCUT2D eigenvalue weighted by Gasteiger charge is 2.20. The van der Waals surface area contributed by atoms with Crippen LogP contribution < -0.4 is 5.56 Å². The van der Waals surface area contributed by atoms with Crippen molar-refractivity contribution in [2.45, 2.75) is 13.5 Å². The highest BCUT2D eigenvalue weighted by Crippen LogP contribution is 2.12. The van der Waals surface area contributed by atoms with Gasteiger partial charge in [0.2, 0.25) is 0 Å². The van der Waals surface area contributed by atoms with Gasteiger partial charge in [0.1, 0.15) is 11.4 Å². The molecule has 0 saturated heterocycles. The third kappa shape index (κ3) is 3.38. The van der Waals surface area contributed by atoms with E-state index in [-0.39, 0.29) is 17.3 Å². The third-order valence-corrected chi connectivity index (χ3v) is 3.97. The average Bonchev–Trinajstić information content (AvgIpc) is 3.09. The largest absolute Gasteiger partial charge is 0.472 e. The molecule has 0 spiro atoms. The van der Waals surface area contributed by atoms with Gasteiger partial charge in [-0.05, 0) is 48.9 Å². The molecule has 3 rings (SSSR count). The Kier molecular flexibility index (Phi) is 4.52. The van der Waals surface area contributed by atoms with Crippen LogP contribution in [-0.4, -0.2) is 22.4 Å². The Morgan fingerprint density at radius 1 is 1.20 bits per heavy atom. The van der Waals surface area contributed by atoms with Crippen LogP contribution >= 0.6 is 0 Å². The number of benzene rings is 1. The van der Waals surface area contributed by atoms with Gasteiger partial charge in [-0.2, -0.15) is 0 Å². The Bertz CT molecular complexity index is 944. The molecule has 2 aromatic heterocycles. The maximum absolute atomic E-state index is 13.1. The molecule has 5 nitrogen and oxygen atoms in total. The van der Waals surface area contributed by atoms with Gasteiger partial charge < -0.3 is 9.32 Å². The third-order valence-electron chi connectivity index (χ3n) is 3.97. The first-order valence-corrected chi connectivity index (χ1v) is 7.72. The van der Waals surface area contributed by atoms with Crippen LogP contribution in [0.4, 0.5) is 4.39 Å². The molecular formula is C19H17FN2O3. The van der Waals surface area contributed by atoms with Crippen LogP contribution in [0.3, 0.4) is 0 Å². The molecule has 0 atom stereocenters. The Morgan fingerprint density at radius 3 is 2.56 bits per heavy atom. The molecule has 0 bridgehead atoms. The zero-order chi connectivity index (χ0) is 18.0. The van der Waals surface area contributed by atoms with Gasteiger partial charge in [0.15, 0.2) is 0 Å². The van der Waals surface area contributed by atoms with E-state index in [4.69, 9.17) is 4.42 Å². The predicted octanol–water partition coefficient (Wildman–Crippen LogP) is 3.15. The Hall–Kier alpha value is -3.15. The van der Waals surface area contributed by atoms with Gasteiger partial charge in [-0.3, -0.25) is 14.2 Å². The number of aryl methyl sites for hydroxylation is 1. The number of hydrogen-bond acceptors (Lipinski definition) is 3. The number of pyridine rings is 1. The van der Waals surface area contributed by atoms with E-state index in [1.165, 1.54) is 40.0 Å². The molecule has 0 fully saturated rings. The van der Waals surface area contributed by atoms with Crippen LogP contribution in [0, 0.1) is 12.7 Å². The molecule has 3 aromatic rings. The Labute approximate surface area is 143 Å². The van der Waals surface area contributed by atoms with Crippen LogP contribution in [0.25, 0.3) is 5.69 Å². The molecule has 0 aliphatic heterocycles. The van der Waals surface area contributed by atoms with E-state index >= 15 is 0 Å². The highest BCUT2D eigenvalue weighted by molar-refractivity contribution is 5.95. The average molecular weight is 340 g/mol. The summed E-state index contributed by atoms with van der Waals surface area (Å²) in [6.07, 6.45) is 4.67. The number of nitrogens with zero attached hydrogens (tertiary/aromatic N) is 2.